The molecule has 1 saturated carbocycles. The molecule has 0 aromatic heterocycles. The van der Waals surface area contributed by atoms with E-state index >= 15 is 0 Å². The average Bonchev–Trinajstić information content (AvgIpc) is 3.17. The van der Waals surface area contributed by atoms with Crippen LogP contribution in [-0.2, 0) is 14.6 Å². The lowest BCUT2D eigenvalue weighted by molar-refractivity contribution is -0.00390. The van der Waals surface area contributed by atoms with Crippen LogP contribution >= 0.6 is 0 Å². The van der Waals surface area contributed by atoms with Crippen molar-refractivity contribution in [2.24, 2.45) is 0 Å². The predicted octanol–water partition coefficient (Wildman–Crippen LogP) is 0.653. The van der Waals surface area contributed by atoms with Crippen molar-refractivity contribution in [2.75, 3.05) is 38.6 Å². The second-order valence-corrected chi connectivity index (χ2v) is 9.74. The molecule has 1 N–H and O–H groups in total. The van der Waals surface area contributed by atoms with Crippen LogP contribution in [0.4, 0.5) is 0 Å². The Bertz CT molecular complexity index is 413. The van der Waals surface area contributed by atoms with Gasteiger partial charge in [-0.15, -0.1) is 0 Å². The number of nitrogens with one attached hydrogen (secondary N) is 1. The van der Waals surface area contributed by atoms with Gasteiger partial charge in [-0.3, -0.25) is 4.90 Å². The summed E-state index contributed by atoms with van der Waals surface area (Å²) in [5.74, 6) is 0.233. The summed E-state index contributed by atoms with van der Waals surface area (Å²) in [5, 5.41) is 3.51. The number of morpholine rings is 1. The number of hydrogen-bond donors (Lipinski definition) is 1. The van der Waals surface area contributed by atoms with Crippen LogP contribution in [0, 0.1) is 0 Å². The Morgan fingerprint density at radius 3 is 2.60 bits per heavy atom. The molecule has 0 radical (unpaired) electrons. The molecule has 1 unspecified atom stereocenters. The van der Waals surface area contributed by atoms with Crippen LogP contribution in [0.2, 0.25) is 0 Å². The first-order chi connectivity index (χ1) is 9.29. The molecule has 6 heteroatoms. The van der Waals surface area contributed by atoms with E-state index in [1.165, 1.54) is 12.8 Å². The molecule has 1 heterocycles. The minimum Gasteiger partial charge on any atom is -0.378 e. The Labute approximate surface area is 123 Å². The fourth-order valence-electron chi connectivity index (χ4n) is 2.31. The molecule has 0 aromatic carbocycles. The van der Waals surface area contributed by atoms with Gasteiger partial charge in [0.1, 0.15) is 0 Å². The van der Waals surface area contributed by atoms with Crippen molar-refractivity contribution in [1.29, 1.82) is 0 Å². The van der Waals surface area contributed by atoms with Gasteiger partial charge in [-0.1, -0.05) is 0 Å². The van der Waals surface area contributed by atoms with Crippen molar-refractivity contribution in [2.45, 2.75) is 50.4 Å². The van der Waals surface area contributed by atoms with Crippen molar-refractivity contribution < 1.29 is 13.2 Å². The molecule has 1 atom stereocenters. The first-order valence-corrected chi connectivity index (χ1v) is 9.22. The van der Waals surface area contributed by atoms with Gasteiger partial charge in [-0.2, -0.15) is 0 Å². The lowest BCUT2D eigenvalue weighted by Gasteiger charge is -2.36. The Morgan fingerprint density at radius 1 is 1.30 bits per heavy atom. The fraction of sp³-hybridized carbons (Fsp3) is 1.00. The molecule has 5 nitrogen and oxygen atoms in total. The van der Waals surface area contributed by atoms with Crippen molar-refractivity contribution in [3.8, 4) is 0 Å². The molecule has 1 aliphatic heterocycles. The molecule has 0 bridgehead atoms. The van der Waals surface area contributed by atoms with Gasteiger partial charge in [0.2, 0.25) is 0 Å². The molecule has 1 saturated heterocycles. The summed E-state index contributed by atoms with van der Waals surface area (Å²) in [7, 11) is -3.04. The molecular weight excluding hydrogens is 276 g/mol. The number of hydrogen-bond acceptors (Lipinski definition) is 5. The summed E-state index contributed by atoms with van der Waals surface area (Å²) < 4.78 is 29.3. The number of sulfone groups is 1. The summed E-state index contributed by atoms with van der Waals surface area (Å²) in [6, 6.07) is 0.983. The first kappa shape index (κ1) is 16.2. The maximum Gasteiger partial charge on any atom is 0.156 e. The smallest absolute Gasteiger partial charge is 0.156 e. The van der Waals surface area contributed by atoms with E-state index in [0.717, 1.165) is 13.1 Å². The normalized spacial score (nSPS) is 25.9. The second-order valence-electron chi connectivity index (χ2n) is 6.88. The highest BCUT2D eigenvalue weighted by molar-refractivity contribution is 7.92. The summed E-state index contributed by atoms with van der Waals surface area (Å²) in [5.41, 5.74) is 0. The molecular formula is C14H28N2O3S. The van der Waals surface area contributed by atoms with Gasteiger partial charge in [0.15, 0.2) is 9.84 Å². The third kappa shape index (κ3) is 4.41. The van der Waals surface area contributed by atoms with Gasteiger partial charge >= 0.3 is 0 Å². The number of rotatable bonds is 6. The highest BCUT2D eigenvalue weighted by Crippen LogP contribution is 2.20. The monoisotopic (exact) mass is 304 g/mol. The lowest BCUT2D eigenvalue weighted by atomic mass is 10.2. The van der Waals surface area contributed by atoms with Crippen LogP contribution < -0.4 is 5.32 Å². The summed E-state index contributed by atoms with van der Waals surface area (Å²) >= 11 is 0. The van der Waals surface area contributed by atoms with Crippen LogP contribution in [0.3, 0.4) is 0 Å². The Kier molecular flexibility index (Phi) is 5.10. The van der Waals surface area contributed by atoms with E-state index in [9.17, 15) is 8.42 Å². The fourth-order valence-corrected chi connectivity index (χ4v) is 3.39. The van der Waals surface area contributed by atoms with E-state index in [2.05, 4.69) is 10.2 Å². The SMILES string of the molecule is CC(C)(C)S(=O)(=O)CCN1CCOCC1CNC1CC1. The summed E-state index contributed by atoms with van der Waals surface area (Å²) in [6.45, 7) is 9.07. The van der Waals surface area contributed by atoms with Gasteiger partial charge in [-0.05, 0) is 33.6 Å². The summed E-state index contributed by atoms with van der Waals surface area (Å²) in [4.78, 5) is 2.27. The average molecular weight is 304 g/mol. The Morgan fingerprint density at radius 2 is 2.00 bits per heavy atom. The molecule has 20 heavy (non-hydrogen) atoms. The van der Waals surface area contributed by atoms with Crippen LogP contribution in [0.1, 0.15) is 33.6 Å². The van der Waals surface area contributed by atoms with Crippen LogP contribution in [0.15, 0.2) is 0 Å². The maximum atomic E-state index is 12.2. The van der Waals surface area contributed by atoms with Gasteiger partial charge in [-0.25, -0.2) is 8.42 Å². The highest BCUT2D eigenvalue weighted by atomic mass is 32.2. The van der Waals surface area contributed by atoms with E-state index in [1.807, 2.05) is 0 Å². The first-order valence-electron chi connectivity index (χ1n) is 7.57. The third-order valence-corrected chi connectivity index (χ3v) is 6.74. The topological polar surface area (TPSA) is 58.6 Å². The molecule has 2 rings (SSSR count). The Balaban J connectivity index is 1.84. The van der Waals surface area contributed by atoms with Crippen molar-refractivity contribution >= 4 is 9.84 Å². The van der Waals surface area contributed by atoms with E-state index < -0.39 is 14.6 Å². The maximum absolute atomic E-state index is 12.2. The molecule has 1 aliphatic carbocycles. The Hall–Kier alpha value is -0.170. The zero-order valence-corrected chi connectivity index (χ0v) is 13.7. The molecule has 0 aromatic rings. The van der Waals surface area contributed by atoms with E-state index in [-0.39, 0.29) is 5.75 Å². The van der Waals surface area contributed by atoms with Gasteiger partial charge in [0, 0.05) is 31.7 Å². The van der Waals surface area contributed by atoms with Gasteiger partial charge in [0.05, 0.1) is 23.7 Å². The van der Waals surface area contributed by atoms with E-state index in [4.69, 9.17) is 4.74 Å². The van der Waals surface area contributed by atoms with Crippen LogP contribution in [0.25, 0.3) is 0 Å². The van der Waals surface area contributed by atoms with Crippen LogP contribution in [-0.4, -0.2) is 68.7 Å². The highest BCUT2D eigenvalue weighted by Gasteiger charge is 2.31. The standard InChI is InChI=1S/C14H28N2O3S/c1-14(2,3)20(17,18)9-7-16-6-8-19-11-13(16)10-15-12-4-5-12/h12-13,15H,4-11H2,1-3H3. The second kappa shape index (κ2) is 6.30. The van der Waals surface area contributed by atoms with E-state index in [1.54, 1.807) is 20.8 Å². The number of ether oxygens (including phenoxy) is 1. The molecule has 2 aliphatic rings. The molecule has 0 amide bonds. The lowest BCUT2D eigenvalue weighted by Crippen LogP contribution is -2.52. The van der Waals surface area contributed by atoms with Crippen molar-refractivity contribution in [3.63, 3.8) is 0 Å². The zero-order chi connectivity index (χ0) is 14.8. The predicted molar refractivity (Wildman–Crippen MR) is 80.7 cm³/mol. The third-order valence-electron chi connectivity index (χ3n) is 4.15. The van der Waals surface area contributed by atoms with Crippen molar-refractivity contribution in [1.82, 2.24) is 10.2 Å². The largest absolute Gasteiger partial charge is 0.378 e. The molecule has 118 valence electrons. The van der Waals surface area contributed by atoms with Gasteiger partial charge in [0.25, 0.3) is 0 Å². The van der Waals surface area contributed by atoms with E-state index in [0.29, 0.717) is 31.8 Å². The van der Waals surface area contributed by atoms with Crippen molar-refractivity contribution in [3.05, 3.63) is 0 Å². The molecule has 2 fully saturated rings. The zero-order valence-electron chi connectivity index (χ0n) is 12.9. The molecule has 0 spiro atoms. The minimum absolute atomic E-state index is 0.233. The quantitative estimate of drug-likeness (QED) is 0.781. The number of nitrogens with zero attached hydrogens (tertiary/aromatic N) is 1. The van der Waals surface area contributed by atoms with Gasteiger partial charge < -0.3 is 10.1 Å². The minimum atomic E-state index is -3.04. The van der Waals surface area contributed by atoms with Crippen LogP contribution in [0.5, 0.6) is 0 Å². The summed E-state index contributed by atoms with van der Waals surface area (Å²) in [6.07, 6.45) is 2.54.